The highest BCUT2D eigenvalue weighted by atomic mass is 79.9. The molecule has 1 aliphatic rings. The van der Waals surface area contributed by atoms with E-state index in [1.54, 1.807) is 13.3 Å². The van der Waals surface area contributed by atoms with Crippen LogP contribution in [-0.4, -0.2) is 17.1 Å². The minimum Gasteiger partial charge on any atom is -0.494 e. The first-order chi connectivity index (χ1) is 6.72. The van der Waals surface area contributed by atoms with Crippen LogP contribution in [0, 0.1) is 0 Å². The van der Waals surface area contributed by atoms with E-state index in [-0.39, 0.29) is 0 Å². The smallest absolute Gasteiger partial charge is 0.153 e. The summed E-state index contributed by atoms with van der Waals surface area (Å²) >= 11 is 3.26. The molecule has 1 aliphatic carbocycles. The lowest BCUT2D eigenvalue weighted by molar-refractivity contribution is 0.367. The molecule has 1 fully saturated rings. The summed E-state index contributed by atoms with van der Waals surface area (Å²) in [5, 5.41) is 0. The lowest BCUT2D eigenvalue weighted by atomic mass is 10.3. The molecule has 4 nitrogen and oxygen atoms in total. The molecule has 0 amide bonds. The first kappa shape index (κ1) is 9.45. The van der Waals surface area contributed by atoms with Gasteiger partial charge in [0.25, 0.3) is 0 Å². The Hall–Kier alpha value is -1.10. The van der Waals surface area contributed by atoms with Gasteiger partial charge in [-0.1, -0.05) is 0 Å². The summed E-state index contributed by atoms with van der Waals surface area (Å²) in [6.07, 6.45) is 3.71. The molecule has 0 unspecified atom stereocenters. The minimum absolute atomic E-state index is 0.407. The third-order valence-electron chi connectivity index (χ3n) is 2.01. The number of allylic oxidation sites excluding steroid dienone is 1. The fourth-order valence-corrected chi connectivity index (χ4v) is 1.52. The quantitative estimate of drug-likeness (QED) is 0.822. The molecule has 1 aromatic rings. The van der Waals surface area contributed by atoms with E-state index in [9.17, 15) is 0 Å². The van der Waals surface area contributed by atoms with Crippen molar-refractivity contribution < 1.29 is 4.74 Å². The summed E-state index contributed by atoms with van der Waals surface area (Å²) in [6.45, 7) is 0. The molecule has 0 radical (unpaired) electrons. The molecule has 74 valence electrons. The summed E-state index contributed by atoms with van der Waals surface area (Å²) in [6, 6.07) is 0. The van der Waals surface area contributed by atoms with E-state index in [1.165, 1.54) is 5.57 Å². The highest BCUT2D eigenvalue weighted by Crippen LogP contribution is 2.37. The maximum absolute atomic E-state index is 5.72. The Morgan fingerprint density at radius 2 is 2.29 bits per heavy atom. The van der Waals surface area contributed by atoms with Crippen LogP contribution in [0.25, 0.3) is 5.76 Å². The average Bonchev–Trinajstić information content (AvgIpc) is 2.96. The second-order valence-corrected chi connectivity index (χ2v) is 3.88. The van der Waals surface area contributed by atoms with Gasteiger partial charge in [0.05, 0.1) is 13.3 Å². The minimum atomic E-state index is 0.407. The zero-order valence-corrected chi connectivity index (χ0v) is 9.34. The average molecular weight is 256 g/mol. The number of nitrogens with two attached hydrogens (primary N) is 1. The van der Waals surface area contributed by atoms with Gasteiger partial charge in [-0.3, -0.25) is 0 Å². The van der Waals surface area contributed by atoms with Gasteiger partial charge < -0.3 is 10.5 Å². The molecule has 1 heterocycles. The van der Waals surface area contributed by atoms with Crippen molar-refractivity contribution >= 4 is 27.5 Å². The third-order valence-corrected chi connectivity index (χ3v) is 2.39. The monoisotopic (exact) mass is 255 g/mol. The van der Waals surface area contributed by atoms with Gasteiger partial charge in [0.15, 0.2) is 5.82 Å². The lowest BCUT2D eigenvalue weighted by Crippen LogP contribution is -2.02. The molecule has 0 atom stereocenters. The Morgan fingerprint density at radius 3 is 2.86 bits per heavy atom. The largest absolute Gasteiger partial charge is 0.494 e. The first-order valence-electron chi connectivity index (χ1n) is 4.26. The van der Waals surface area contributed by atoms with E-state index < -0.39 is 0 Å². The van der Waals surface area contributed by atoms with Crippen LogP contribution in [-0.2, 0) is 4.74 Å². The second-order valence-electron chi connectivity index (χ2n) is 3.06. The molecule has 0 aliphatic heterocycles. The maximum atomic E-state index is 5.72. The molecule has 0 aromatic carbocycles. The van der Waals surface area contributed by atoms with Crippen molar-refractivity contribution in [3.63, 3.8) is 0 Å². The Morgan fingerprint density at radius 1 is 1.57 bits per heavy atom. The van der Waals surface area contributed by atoms with Crippen molar-refractivity contribution in [3.8, 4) is 0 Å². The summed E-state index contributed by atoms with van der Waals surface area (Å²) in [4.78, 5) is 8.26. The predicted octanol–water partition coefficient (Wildman–Crippen LogP) is 1.97. The summed E-state index contributed by atoms with van der Waals surface area (Å²) in [5.41, 5.74) is 7.61. The zero-order valence-electron chi connectivity index (χ0n) is 7.75. The van der Waals surface area contributed by atoms with Crippen LogP contribution in [0.1, 0.15) is 18.5 Å². The van der Waals surface area contributed by atoms with E-state index in [2.05, 4.69) is 25.9 Å². The zero-order chi connectivity index (χ0) is 10.1. The molecule has 0 bridgehead atoms. The number of ether oxygens (including phenoxy) is 1. The van der Waals surface area contributed by atoms with Crippen LogP contribution >= 0.6 is 15.9 Å². The summed E-state index contributed by atoms with van der Waals surface area (Å²) in [5.74, 6) is 1.18. The molecule has 1 aromatic heterocycles. The third kappa shape index (κ3) is 1.72. The molecule has 0 saturated heterocycles. The Balaban J connectivity index is 2.49. The number of nitrogen functional groups attached to an aromatic ring is 1. The van der Waals surface area contributed by atoms with Gasteiger partial charge in [-0.2, -0.15) is 0 Å². The molecular formula is C9H10BrN3O. The van der Waals surface area contributed by atoms with Crippen LogP contribution < -0.4 is 5.73 Å². The van der Waals surface area contributed by atoms with Gasteiger partial charge >= 0.3 is 0 Å². The van der Waals surface area contributed by atoms with Crippen LogP contribution in [0.2, 0.25) is 0 Å². The summed E-state index contributed by atoms with van der Waals surface area (Å²) < 4.78 is 5.94. The van der Waals surface area contributed by atoms with E-state index in [0.717, 1.165) is 18.6 Å². The lowest BCUT2D eigenvalue weighted by Gasteiger charge is -2.07. The number of halogens is 1. The summed E-state index contributed by atoms with van der Waals surface area (Å²) in [7, 11) is 1.63. The molecule has 5 heteroatoms. The molecule has 1 saturated carbocycles. The first-order valence-corrected chi connectivity index (χ1v) is 5.06. The highest BCUT2D eigenvalue weighted by Gasteiger charge is 2.22. The van der Waals surface area contributed by atoms with Crippen molar-refractivity contribution in [1.82, 2.24) is 9.97 Å². The fourth-order valence-electron chi connectivity index (χ4n) is 1.24. The molecular weight excluding hydrogens is 246 g/mol. The number of hydrogen-bond donors (Lipinski definition) is 1. The van der Waals surface area contributed by atoms with Gasteiger partial charge in [-0.05, 0) is 34.3 Å². The molecule has 2 rings (SSSR count). The number of nitrogens with zero attached hydrogens (tertiary/aromatic N) is 2. The number of rotatable bonds is 2. The Bertz CT molecular complexity index is 397. The van der Waals surface area contributed by atoms with Crippen LogP contribution in [0.3, 0.4) is 0 Å². The fraction of sp³-hybridized carbons (Fsp3) is 0.333. The van der Waals surface area contributed by atoms with Gasteiger partial charge in [-0.15, -0.1) is 0 Å². The molecule has 2 N–H and O–H groups in total. The Kier molecular flexibility index (Phi) is 2.41. The maximum Gasteiger partial charge on any atom is 0.153 e. The van der Waals surface area contributed by atoms with Gasteiger partial charge in [0.2, 0.25) is 0 Å². The van der Waals surface area contributed by atoms with Gasteiger partial charge in [0.1, 0.15) is 16.1 Å². The van der Waals surface area contributed by atoms with Crippen LogP contribution in [0.15, 0.2) is 16.4 Å². The van der Waals surface area contributed by atoms with E-state index >= 15 is 0 Å². The van der Waals surface area contributed by atoms with Crippen LogP contribution in [0.4, 0.5) is 5.82 Å². The predicted molar refractivity (Wildman–Crippen MR) is 57.3 cm³/mol. The van der Waals surface area contributed by atoms with Crippen molar-refractivity contribution in [2.45, 2.75) is 12.8 Å². The topological polar surface area (TPSA) is 61.0 Å². The molecule has 0 spiro atoms. The van der Waals surface area contributed by atoms with E-state index in [1.807, 2.05) is 0 Å². The van der Waals surface area contributed by atoms with Crippen molar-refractivity contribution in [1.29, 1.82) is 0 Å². The van der Waals surface area contributed by atoms with Crippen molar-refractivity contribution in [2.24, 2.45) is 0 Å². The molecule has 14 heavy (non-hydrogen) atoms. The number of aromatic nitrogens is 2. The Labute approximate surface area is 90.3 Å². The van der Waals surface area contributed by atoms with Gasteiger partial charge in [0, 0.05) is 0 Å². The normalized spacial score (nSPS) is 14.0. The van der Waals surface area contributed by atoms with E-state index in [4.69, 9.17) is 10.5 Å². The van der Waals surface area contributed by atoms with E-state index in [0.29, 0.717) is 16.1 Å². The number of methoxy groups -OCH3 is 1. The SMILES string of the molecule is COC(=C1CC1)c1nc(Br)cnc1N. The second kappa shape index (κ2) is 3.57. The highest BCUT2D eigenvalue weighted by molar-refractivity contribution is 9.10. The van der Waals surface area contributed by atoms with Crippen molar-refractivity contribution in [2.75, 3.05) is 12.8 Å². The number of hydrogen-bond acceptors (Lipinski definition) is 4. The van der Waals surface area contributed by atoms with Crippen LogP contribution in [0.5, 0.6) is 0 Å². The standard InChI is InChI=1S/C9H10BrN3O/c1-14-8(5-2-3-5)7-9(11)12-4-6(10)13-7/h4H,2-3H2,1H3,(H2,11,12). The van der Waals surface area contributed by atoms with Crippen molar-refractivity contribution in [3.05, 3.63) is 22.1 Å². The number of anilines is 1. The van der Waals surface area contributed by atoms with Gasteiger partial charge in [-0.25, -0.2) is 9.97 Å².